The molecule has 0 saturated heterocycles. The lowest BCUT2D eigenvalue weighted by atomic mass is 9.75. The quantitative estimate of drug-likeness (QED) is 0.476. The number of aliphatic hydroxyl groups is 1. The van der Waals surface area contributed by atoms with Crippen molar-refractivity contribution >= 4 is 16.4 Å². The normalized spacial score (nSPS) is 23.1. The summed E-state index contributed by atoms with van der Waals surface area (Å²) < 4.78 is 2.13. The third-order valence-corrected chi connectivity index (χ3v) is 7.27. The van der Waals surface area contributed by atoms with E-state index < -0.39 is 6.10 Å². The Labute approximate surface area is 176 Å². The zero-order valence-corrected chi connectivity index (χ0v) is 17.1. The Hall–Kier alpha value is -2.72. The third-order valence-electron chi connectivity index (χ3n) is 7.27. The van der Waals surface area contributed by atoms with Gasteiger partial charge in [0.1, 0.15) is 0 Å². The minimum absolute atomic E-state index is 0.314. The van der Waals surface area contributed by atoms with Crippen molar-refractivity contribution in [3.63, 3.8) is 0 Å². The highest BCUT2D eigenvalue weighted by Crippen LogP contribution is 2.47. The van der Waals surface area contributed by atoms with Crippen LogP contribution in [0.15, 0.2) is 61.2 Å². The Kier molecular flexibility index (Phi) is 4.34. The van der Waals surface area contributed by atoms with Gasteiger partial charge in [0.15, 0.2) is 0 Å². The van der Waals surface area contributed by atoms with Crippen molar-refractivity contribution in [2.45, 2.75) is 56.5 Å². The average molecular weight is 398 g/mol. The largest absolute Gasteiger partial charge is 0.387 e. The highest BCUT2D eigenvalue weighted by atomic mass is 16.3. The maximum absolute atomic E-state index is 11.5. The lowest BCUT2D eigenvalue weighted by molar-refractivity contribution is 0.0754. The van der Waals surface area contributed by atoms with E-state index in [0.717, 1.165) is 42.4 Å². The van der Waals surface area contributed by atoms with Gasteiger partial charge in [0.2, 0.25) is 0 Å². The summed E-state index contributed by atoms with van der Waals surface area (Å²) in [6.45, 7) is 0. The van der Waals surface area contributed by atoms with Gasteiger partial charge >= 0.3 is 0 Å². The highest BCUT2D eigenvalue weighted by Gasteiger charge is 2.34. The molecule has 2 saturated carbocycles. The Morgan fingerprint density at radius 2 is 1.77 bits per heavy atom. The molecule has 2 fully saturated rings. The number of hydrogen-bond acceptors (Lipinski definition) is 3. The summed E-state index contributed by atoms with van der Waals surface area (Å²) in [6, 6.07) is 15.2. The predicted molar refractivity (Wildman–Crippen MR) is 119 cm³/mol. The summed E-state index contributed by atoms with van der Waals surface area (Å²) in [4.78, 5) is 8.78. The monoisotopic (exact) mass is 397 g/mol. The van der Waals surface area contributed by atoms with E-state index >= 15 is 0 Å². The second-order valence-corrected chi connectivity index (χ2v) is 9.15. The van der Waals surface area contributed by atoms with E-state index in [1.807, 2.05) is 24.8 Å². The molecule has 0 aliphatic heterocycles. The van der Waals surface area contributed by atoms with Gasteiger partial charge in [0.05, 0.1) is 35.4 Å². The number of aliphatic hydroxyl groups excluding tert-OH is 1. The van der Waals surface area contributed by atoms with E-state index in [1.165, 1.54) is 29.4 Å². The number of benzene rings is 1. The first-order valence-corrected chi connectivity index (χ1v) is 11.3. The SMILES string of the molecule is OC(c1c(C2CC2)ccc2cncn12)C1CCC(c2ccc3ncccc3c2)CC1. The molecule has 1 atom stereocenters. The van der Waals surface area contributed by atoms with Crippen LogP contribution in [0.25, 0.3) is 16.4 Å². The van der Waals surface area contributed by atoms with E-state index in [2.05, 4.69) is 50.8 Å². The van der Waals surface area contributed by atoms with Crippen LogP contribution in [-0.4, -0.2) is 19.5 Å². The molecule has 3 aromatic heterocycles. The Balaban J connectivity index is 1.24. The number of nitrogens with zero attached hydrogens (tertiary/aromatic N) is 3. The van der Waals surface area contributed by atoms with Crippen LogP contribution < -0.4 is 0 Å². The van der Waals surface area contributed by atoms with Crippen LogP contribution in [0.1, 0.15) is 73.3 Å². The lowest BCUT2D eigenvalue weighted by Crippen LogP contribution is -2.22. The molecular formula is C26H27N3O. The van der Waals surface area contributed by atoms with Crippen LogP contribution in [-0.2, 0) is 0 Å². The van der Waals surface area contributed by atoms with Gasteiger partial charge in [-0.1, -0.05) is 18.2 Å². The molecule has 1 aromatic carbocycles. The smallest absolute Gasteiger partial charge is 0.0995 e. The minimum atomic E-state index is -0.416. The van der Waals surface area contributed by atoms with Crippen molar-refractivity contribution < 1.29 is 5.11 Å². The zero-order valence-electron chi connectivity index (χ0n) is 17.1. The van der Waals surface area contributed by atoms with Crippen LogP contribution in [0.2, 0.25) is 0 Å². The van der Waals surface area contributed by atoms with Crippen LogP contribution in [0, 0.1) is 5.92 Å². The van der Waals surface area contributed by atoms with Gasteiger partial charge in [0.25, 0.3) is 0 Å². The minimum Gasteiger partial charge on any atom is -0.387 e. The molecule has 2 aliphatic rings. The van der Waals surface area contributed by atoms with E-state index in [0.29, 0.717) is 17.8 Å². The summed E-state index contributed by atoms with van der Waals surface area (Å²) in [5.41, 5.74) is 5.97. The van der Waals surface area contributed by atoms with Crippen molar-refractivity contribution in [1.29, 1.82) is 0 Å². The zero-order chi connectivity index (χ0) is 20.1. The van der Waals surface area contributed by atoms with Gasteiger partial charge in [-0.05, 0) is 91.7 Å². The second kappa shape index (κ2) is 7.21. The van der Waals surface area contributed by atoms with Gasteiger partial charge in [-0.3, -0.25) is 4.98 Å². The van der Waals surface area contributed by atoms with Gasteiger partial charge in [-0.2, -0.15) is 0 Å². The molecule has 0 radical (unpaired) electrons. The number of aromatic nitrogens is 3. The van der Waals surface area contributed by atoms with Crippen LogP contribution in [0.5, 0.6) is 0 Å². The van der Waals surface area contributed by atoms with Gasteiger partial charge < -0.3 is 9.51 Å². The van der Waals surface area contributed by atoms with Crippen molar-refractivity contribution in [2.75, 3.05) is 0 Å². The average Bonchev–Trinajstić information content (AvgIpc) is 3.54. The molecule has 4 aromatic rings. The molecule has 0 bridgehead atoms. The molecule has 4 heteroatoms. The first kappa shape index (κ1) is 18.1. The van der Waals surface area contributed by atoms with Gasteiger partial charge in [0, 0.05) is 11.6 Å². The maximum atomic E-state index is 11.5. The van der Waals surface area contributed by atoms with Gasteiger partial charge in [-0.15, -0.1) is 0 Å². The molecule has 152 valence electrons. The fourth-order valence-electron chi connectivity index (χ4n) is 5.42. The van der Waals surface area contributed by atoms with Crippen LogP contribution in [0.3, 0.4) is 0 Å². The van der Waals surface area contributed by atoms with Crippen molar-refractivity contribution in [1.82, 2.24) is 14.4 Å². The predicted octanol–water partition coefficient (Wildman–Crippen LogP) is 5.77. The first-order chi connectivity index (χ1) is 14.8. The van der Waals surface area contributed by atoms with Crippen LogP contribution >= 0.6 is 0 Å². The van der Waals surface area contributed by atoms with E-state index in [9.17, 15) is 5.11 Å². The molecule has 0 amide bonds. The fraction of sp³-hybridized carbons (Fsp3) is 0.385. The van der Waals surface area contributed by atoms with Crippen molar-refractivity contribution in [3.05, 3.63) is 78.0 Å². The maximum Gasteiger partial charge on any atom is 0.0995 e. The number of imidazole rings is 1. The topological polar surface area (TPSA) is 50.4 Å². The van der Waals surface area contributed by atoms with E-state index in [4.69, 9.17) is 0 Å². The highest BCUT2D eigenvalue weighted by molar-refractivity contribution is 5.79. The number of rotatable bonds is 4. The molecular weight excluding hydrogens is 370 g/mol. The standard InChI is InChI=1S/C26H27N3O/c30-26(25-23(18-5-6-18)11-10-22-15-27-16-29(22)25)19-7-3-17(4-8-19)20-9-12-24-21(14-20)2-1-13-28-24/h1-2,9-19,26,30H,3-8H2. The Morgan fingerprint density at radius 3 is 2.60 bits per heavy atom. The first-order valence-electron chi connectivity index (χ1n) is 11.3. The number of hydrogen-bond donors (Lipinski definition) is 1. The summed E-state index contributed by atoms with van der Waals surface area (Å²) in [6.07, 6.45) is 12.1. The van der Waals surface area contributed by atoms with Crippen molar-refractivity contribution in [2.24, 2.45) is 5.92 Å². The van der Waals surface area contributed by atoms with Crippen LogP contribution in [0.4, 0.5) is 0 Å². The Morgan fingerprint density at radius 1 is 0.933 bits per heavy atom. The number of pyridine rings is 2. The fourth-order valence-corrected chi connectivity index (χ4v) is 5.42. The molecule has 3 heterocycles. The molecule has 0 spiro atoms. The molecule has 30 heavy (non-hydrogen) atoms. The second-order valence-electron chi connectivity index (χ2n) is 9.15. The summed E-state index contributed by atoms with van der Waals surface area (Å²) in [5, 5.41) is 12.7. The molecule has 6 rings (SSSR count). The molecule has 1 N–H and O–H groups in total. The van der Waals surface area contributed by atoms with E-state index in [-0.39, 0.29) is 0 Å². The molecule has 4 nitrogen and oxygen atoms in total. The number of fused-ring (bicyclic) bond motifs is 2. The Bertz CT molecular complexity index is 1200. The lowest BCUT2D eigenvalue weighted by Gasteiger charge is -2.33. The summed E-state index contributed by atoms with van der Waals surface area (Å²) in [5.74, 6) is 1.50. The summed E-state index contributed by atoms with van der Waals surface area (Å²) in [7, 11) is 0. The molecule has 1 unspecified atom stereocenters. The van der Waals surface area contributed by atoms with Gasteiger partial charge in [-0.25, -0.2) is 4.98 Å². The van der Waals surface area contributed by atoms with E-state index in [1.54, 1.807) is 0 Å². The van der Waals surface area contributed by atoms with Crippen molar-refractivity contribution in [3.8, 4) is 0 Å². The molecule has 2 aliphatic carbocycles. The third kappa shape index (κ3) is 3.10. The summed E-state index contributed by atoms with van der Waals surface area (Å²) >= 11 is 0.